The fourth-order valence-corrected chi connectivity index (χ4v) is 4.75. The number of nitrogens with zero attached hydrogens (tertiary/aromatic N) is 1. The minimum Gasteiger partial charge on any atom is -0.301 e. The van der Waals surface area contributed by atoms with Gasteiger partial charge in [0.25, 0.3) is 0 Å². The molecule has 5 nitrogen and oxygen atoms in total. The molecule has 0 aliphatic rings. The summed E-state index contributed by atoms with van der Waals surface area (Å²) in [6.45, 7) is 0. The number of fused-ring (bicyclic) bond motifs is 2. The van der Waals surface area contributed by atoms with Crippen molar-refractivity contribution in [3.63, 3.8) is 0 Å². The smallest absolute Gasteiger partial charge is 0.241 e. The molecule has 0 saturated heterocycles. The lowest BCUT2D eigenvalue weighted by Crippen LogP contribution is -2.22. The molecule has 3 aromatic carbocycles. The predicted molar refractivity (Wildman–Crippen MR) is 104 cm³/mol. The number of hydrogen-bond donors (Lipinski definition) is 1. The van der Waals surface area contributed by atoms with Crippen LogP contribution in [-0.4, -0.2) is 25.1 Å². The number of benzene rings is 3. The molecule has 1 N–H and O–H groups in total. The number of carbonyl (C=O) groups is 1. The third-order valence-electron chi connectivity index (χ3n) is 3.94. The van der Waals surface area contributed by atoms with E-state index in [-0.39, 0.29) is 4.90 Å². The van der Waals surface area contributed by atoms with Gasteiger partial charge in [-0.1, -0.05) is 53.8 Å². The quantitative estimate of drug-likeness (QED) is 0.581. The summed E-state index contributed by atoms with van der Waals surface area (Å²) in [5, 5.41) is 4.75. The van der Waals surface area contributed by atoms with Crippen molar-refractivity contribution in [1.29, 1.82) is 0 Å². The third-order valence-corrected chi connectivity index (χ3v) is 6.51. The van der Waals surface area contributed by atoms with E-state index in [1.54, 1.807) is 12.1 Å². The van der Waals surface area contributed by atoms with E-state index < -0.39 is 21.5 Å². The summed E-state index contributed by atoms with van der Waals surface area (Å²) in [4.78, 5) is 16.6. The largest absolute Gasteiger partial charge is 0.301 e. The molecule has 0 spiro atoms. The molecule has 0 bridgehead atoms. The predicted octanol–water partition coefficient (Wildman–Crippen LogP) is 3.86. The van der Waals surface area contributed by atoms with Crippen LogP contribution < -0.4 is 5.32 Å². The van der Waals surface area contributed by atoms with Gasteiger partial charge >= 0.3 is 0 Å². The maximum absolute atomic E-state index is 12.6. The minimum absolute atomic E-state index is 0.135. The second-order valence-corrected chi connectivity index (χ2v) is 8.82. The van der Waals surface area contributed by atoms with Gasteiger partial charge in [-0.2, -0.15) is 0 Å². The highest BCUT2D eigenvalue weighted by Gasteiger charge is 2.20. The van der Waals surface area contributed by atoms with E-state index in [1.165, 1.54) is 17.4 Å². The van der Waals surface area contributed by atoms with Gasteiger partial charge in [-0.25, -0.2) is 13.4 Å². The van der Waals surface area contributed by atoms with Crippen LogP contribution in [0.4, 0.5) is 5.13 Å². The van der Waals surface area contributed by atoms with Gasteiger partial charge in [0.2, 0.25) is 5.91 Å². The Bertz CT molecular complexity index is 1200. The lowest BCUT2D eigenvalue weighted by molar-refractivity contribution is -0.113. The van der Waals surface area contributed by atoms with Crippen LogP contribution in [0.2, 0.25) is 0 Å². The molecule has 7 heteroatoms. The molecule has 4 aromatic rings. The maximum Gasteiger partial charge on any atom is 0.241 e. The lowest BCUT2D eigenvalue weighted by Gasteiger charge is -2.06. The molecule has 130 valence electrons. The second-order valence-electron chi connectivity index (χ2n) is 5.80. The molecular formula is C19H14N2O3S2. The standard InChI is InChI=1S/C19H14N2O3S2/c22-18(21-19-20-16-7-3-4-8-17(16)25-19)12-26(23,24)15-10-9-13-5-1-2-6-14(13)11-15/h1-11H,12H2,(H,20,21,22). The van der Waals surface area contributed by atoms with Gasteiger partial charge in [-0.15, -0.1) is 0 Å². The van der Waals surface area contributed by atoms with Gasteiger partial charge in [0.15, 0.2) is 15.0 Å². The van der Waals surface area contributed by atoms with Crippen LogP contribution in [-0.2, 0) is 14.6 Å². The number of anilines is 1. The molecule has 1 heterocycles. The molecular weight excluding hydrogens is 368 g/mol. The van der Waals surface area contributed by atoms with Crippen molar-refractivity contribution in [2.45, 2.75) is 4.90 Å². The van der Waals surface area contributed by atoms with Gasteiger partial charge in [0, 0.05) is 0 Å². The fourth-order valence-electron chi connectivity index (χ4n) is 2.70. The Morgan fingerprint density at radius 2 is 1.69 bits per heavy atom. The summed E-state index contributed by atoms with van der Waals surface area (Å²) in [6, 6.07) is 19.8. The molecule has 0 fully saturated rings. The number of thiazole rings is 1. The zero-order chi connectivity index (χ0) is 18.1. The molecule has 0 aliphatic heterocycles. The van der Waals surface area contributed by atoms with Crippen LogP contribution in [0.25, 0.3) is 21.0 Å². The number of hydrogen-bond acceptors (Lipinski definition) is 5. The van der Waals surface area contributed by atoms with Crippen LogP contribution >= 0.6 is 11.3 Å². The van der Waals surface area contributed by atoms with Crippen LogP contribution in [0.15, 0.2) is 71.6 Å². The number of para-hydroxylation sites is 1. The van der Waals surface area contributed by atoms with E-state index in [0.717, 1.165) is 21.0 Å². The van der Waals surface area contributed by atoms with Crippen molar-refractivity contribution in [1.82, 2.24) is 4.98 Å². The summed E-state index contributed by atoms with van der Waals surface area (Å²) >= 11 is 1.31. The molecule has 1 aromatic heterocycles. The van der Waals surface area contributed by atoms with Crippen LogP contribution in [0.1, 0.15) is 0 Å². The monoisotopic (exact) mass is 382 g/mol. The number of rotatable bonds is 4. The Labute approximate surface area is 154 Å². The Kier molecular flexibility index (Phi) is 4.18. The molecule has 26 heavy (non-hydrogen) atoms. The molecule has 0 saturated carbocycles. The normalized spacial score (nSPS) is 11.7. The SMILES string of the molecule is O=C(CS(=O)(=O)c1ccc2ccccc2c1)Nc1nc2ccccc2s1. The topological polar surface area (TPSA) is 76.1 Å². The zero-order valence-electron chi connectivity index (χ0n) is 13.5. The summed E-state index contributed by atoms with van der Waals surface area (Å²) in [5.41, 5.74) is 0.769. The summed E-state index contributed by atoms with van der Waals surface area (Å²) in [5.74, 6) is -1.22. The second kappa shape index (κ2) is 6.51. The maximum atomic E-state index is 12.6. The number of carbonyl (C=O) groups excluding carboxylic acids is 1. The van der Waals surface area contributed by atoms with Gasteiger partial charge < -0.3 is 5.32 Å². The lowest BCUT2D eigenvalue weighted by atomic mass is 10.1. The highest BCUT2D eigenvalue weighted by molar-refractivity contribution is 7.92. The first-order chi connectivity index (χ1) is 12.5. The van der Waals surface area contributed by atoms with Gasteiger partial charge in [-0.05, 0) is 35.0 Å². The van der Waals surface area contributed by atoms with Gasteiger partial charge in [0.05, 0.1) is 15.1 Å². The van der Waals surface area contributed by atoms with Crippen LogP contribution in [0, 0.1) is 0 Å². The average molecular weight is 382 g/mol. The summed E-state index contributed by atoms with van der Waals surface area (Å²) in [6.07, 6.45) is 0. The molecule has 1 amide bonds. The van der Waals surface area contributed by atoms with E-state index in [1.807, 2.05) is 48.5 Å². The number of amides is 1. The van der Waals surface area contributed by atoms with E-state index in [0.29, 0.717) is 5.13 Å². The van der Waals surface area contributed by atoms with Crippen LogP contribution in [0.5, 0.6) is 0 Å². The van der Waals surface area contributed by atoms with E-state index in [4.69, 9.17) is 0 Å². The molecule has 0 aliphatic carbocycles. The first-order valence-electron chi connectivity index (χ1n) is 7.88. The van der Waals surface area contributed by atoms with Crippen molar-refractivity contribution in [3.8, 4) is 0 Å². The summed E-state index contributed by atoms with van der Waals surface area (Å²) < 4.78 is 26.1. The third kappa shape index (κ3) is 3.31. The van der Waals surface area contributed by atoms with E-state index in [9.17, 15) is 13.2 Å². The van der Waals surface area contributed by atoms with Gasteiger partial charge in [0.1, 0.15) is 5.75 Å². The number of aromatic nitrogens is 1. The molecule has 0 atom stereocenters. The Morgan fingerprint density at radius 3 is 2.50 bits per heavy atom. The zero-order valence-corrected chi connectivity index (χ0v) is 15.2. The van der Waals surface area contributed by atoms with E-state index >= 15 is 0 Å². The first kappa shape index (κ1) is 16.7. The van der Waals surface area contributed by atoms with Gasteiger partial charge in [-0.3, -0.25) is 4.79 Å². The number of sulfone groups is 1. The molecule has 0 radical (unpaired) electrons. The fraction of sp³-hybridized carbons (Fsp3) is 0.0526. The highest BCUT2D eigenvalue weighted by Crippen LogP contribution is 2.25. The van der Waals surface area contributed by atoms with Crippen LogP contribution in [0.3, 0.4) is 0 Å². The van der Waals surface area contributed by atoms with Crippen molar-refractivity contribution < 1.29 is 13.2 Å². The summed E-state index contributed by atoms with van der Waals surface area (Å²) in [7, 11) is -3.74. The van der Waals surface area contributed by atoms with Crippen molar-refractivity contribution in [2.75, 3.05) is 11.1 Å². The minimum atomic E-state index is -3.74. The molecule has 4 rings (SSSR count). The molecule has 0 unspecified atom stereocenters. The number of nitrogens with one attached hydrogen (secondary N) is 1. The highest BCUT2D eigenvalue weighted by atomic mass is 32.2. The van der Waals surface area contributed by atoms with Crippen molar-refractivity contribution in [3.05, 3.63) is 66.7 Å². The van der Waals surface area contributed by atoms with Crippen molar-refractivity contribution >= 4 is 53.2 Å². The Hall–Kier alpha value is -2.77. The van der Waals surface area contributed by atoms with E-state index in [2.05, 4.69) is 10.3 Å². The first-order valence-corrected chi connectivity index (χ1v) is 10.4. The average Bonchev–Trinajstić information content (AvgIpc) is 3.02. The van der Waals surface area contributed by atoms with Crippen molar-refractivity contribution in [2.24, 2.45) is 0 Å². The Balaban J connectivity index is 1.55. The Morgan fingerprint density at radius 1 is 0.962 bits per heavy atom.